The van der Waals surface area contributed by atoms with Crippen molar-refractivity contribution in [1.82, 2.24) is 5.32 Å². The van der Waals surface area contributed by atoms with E-state index in [9.17, 15) is 29.5 Å². The van der Waals surface area contributed by atoms with E-state index in [2.05, 4.69) is 5.32 Å². The van der Waals surface area contributed by atoms with Gasteiger partial charge in [0.1, 0.15) is 17.4 Å². The van der Waals surface area contributed by atoms with Crippen LogP contribution in [0.3, 0.4) is 0 Å². The molecular formula is C30H42BNO8. The standard InChI is InChI=1S/C30H42BNO8/c1-19(2)26(24(28(35)40-30(3,4)5)9-7-8-20-12-16-23(33)17-13-20)27(34)32-25(29(36)39-6)18-21-10-14-22(15-11-21)31(37)38/h10-17,19,24-26,33,37-38H,7-9,18H2,1-6H3,(H,32,34)/t24-,25-,26+/m0/s1. The number of methoxy groups -OCH3 is 1. The van der Waals surface area contributed by atoms with Crippen LogP contribution in [0.15, 0.2) is 48.5 Å². The van der Waals surface area contributed by atoms with Gasteiger partial charge < -0.3 is 29.9 Å². The fourth-order valence-corrected chi connectivity index (χ4v) is 4.63. The second kappa shape index (κ2) is 14.9. The van der Waals surface area contributed by atoms with Crippen molar-refractivity contribution in [3.05, 3.63) is 59.7 Å². The SMILES string of the molecule is COC(=O)[C@H](Cc1ccc(B(O)O)cc1)NC(=O)[C@H](C(C)C)[C@H](CCCc1ccc(O)cc1)C(=O)OC(C)(C)C. The molecule has 0 unspecified atom stereocenters. The highest BCUT2D eigenvalue weighted by Gasteiger charge is 2.39. The topological polar surface area (TPSA) is 142 Å². The predicted octanol–water partition coefficient (Wildman–Crippen LogP) is 2.53. The Balaban J connectivity index is 2.27. The number of rotatable bonds is 13. The van der Waals surface area contributed by atoms with E-state index < -0.39 is 48.4 Å². The van der Waals surface area contributed by atoms with Crippen LogP contribution in [-0.4, -0.2) is 58.9 Å². The number of phenols is 1. The second-order valence-electron chi connectivity index (χ2n) is 11.4. The van der Waals surface area contributed by atoms with Crippen molar-refractivity contribution >= 4 is 30.4 Å². The van der Waals surface area contributed by atoms with E-state index in [0.717, 1.165) is 5.56 Å². The van der Waals surface area contributed by atoms with E-state index in [-0.39, 0.29) is 18.1 Å². The number of ether oxygens (including phenoxy) is 2. The zero-order chi connectivity index (χ0) is 30.0. The summed E-state index contributed by atoms with van der Waals surface area (Å²) < 4.78 is 10.7. The van der Waals surface area contributed by atoms with Gasteiger partial charge in [0.15, 0.2) is 0 Å². The van der Waals surface area contributed by atoms with Gasteiger partial charge in [0, 0.05) is 6.42 Å². The Morgan fingerprint density at radius 3 is 2.00 bits per heavy atom. The molecule has 0 fully saturated rings. The number of esters is 2. The van der Waals surface area contributed by atoms with Gasteiger partial charge in [-0.05, 0) is 74.7 Å². The van der Waals surface area contributed by atoms with Crippen molar-refractivity contribution in [2.75, 3.05) is 7.11 Å². The summed E-state index contributed by atoms with van der Waals surface area (Å²) >= 11 is 0. The summed E-state index contributed by atoms with van der Waals surface area (Å²) in [6.07, 6.45) is 1.76. The average molecular weight is 555 g/mol. The molecule has 0 aliphatic rings. The third kappa shape index (κ3) is 10.3. The van der Waals surface area contributed by atoms with Gasteiger partial charge in [0.05, 0.1) is 18.9 Å². The molecule has 0 aliphatic carbocycles. The first-order chi connectivity index (χ1) is 18.7. The van der Waals surface area contributed by atoms with Crippen molar-refractivity contribution in [3.63, 3.8) is 0 Å². The number of aromatic hydroxyl groups is 1. The molecule has 4 N–H and O–H groups in total. The number of nitrogens with one attached hydrogen (secondary N) is 1. The molecule has 0 aromatic heterocycles. The summed E-state index contributed by atoms with van der Waals surface area (Å²) in [5, 5.41) is 31.0. The highest BCUT2D eigenvalue weighted by molar-refractivity contribution is 6.58. The summed E-state index contributed by atoms with van der Waals surface area (Å²) in [4.78, 5) is 39.7. The largest absolute Gasteiger partial charge is 0.508 e. The molecule has 3 atom stereocenters. The minimum atomic E-state index is -1.62. The predicted molar refractivity (Wildman–Crippen MR) is 153 cm³/mol. The van der Waals surface area contributed by atoms with Crippen molar-refractivity contribution < 1.29 is 39.0 Å². The molecule has 2 aromatic rings. The minimum absolute atomic E-state index is 0.114. The highest BCUT2D eigenvalue weighted by atomic mass is 16.6. The summed E-state index contributed by atoms with van der Waals surface area (Å²) in [6.45, 7) is 9.03. The van der Waals surface area contributed by atoms with Crippen LogP contribution in [0.1, 0.15) is 58.6 Å². The summed E-state index contributed by atoms with van der Waals surface area (Å²) in [7, 11) is -0.379. The van der Waals surface area contributed by atoms with Crippen LogP contribution in [0.25, 0.3) is 0 Å². The monoisotopic (exact) mass is 555 g/mol. The third-order valence-corrected chi connectivity index (χ3v) is 6.60. The van der Waals surface area contributed by atoms with Crippen molar-refractivity contribution in [3.8, 4) is 5.75 Å². The van der Waals surface area contributed by atoms with Gasteiger partial charge in [0.25, 0.3) is 0 Å². The van der Waals surface area contributed by atoms with Gasteiger partial charge in [0.2, 0.25) is 5.91 Å². The van der Waals surface area contributed by atoms with Crippen LogP contribution >= 0.6 is 0 Å². The van der Waals surface area contributed by atoms with Crippen LogP contribution < -0.4 is 10.8 Å². The Morgan fingerprint density at radius 1 is 0.925 bits per heavy atom. The van der Waals surface area contributed by atoms with Crippen LogP contribution in [0.5, 0.6) is 5.75 Å². The van der Waals surface area contributed by atoms with E-state index in [1.165, 1.54) is 19.2 Å². The maximum Gasteiger partial charge on any atom is 0.488 e. The number of hydrogen-bond donors (Lipinski definition) is 4. The van der Waals surface area contributed by atoms with Gasteiger partial charge in [-0.15, -0.1) is 0 Å². The van der Waals surface area contributed by atoms with Crippen LogP contribution in [0.4, 0.5) is 0 Å². The molecule has 218 valence electrons. The highest BCUT2D eigenvalue weighted by Crippen LogP contribution is 2.30. The normalized spacial score (nSPS) is 13.7. The molecule has 0 aliphatic heterocycles. The van der Waals surface area contributed by atoms with Crippen molar-refractivity contribution in [2.24, 2.45) is 17.8 Å². The zero-order valence-electron chi connectivity index (χ0n) is 24.2. The minimum Gasteiger partial charge on any atom is -0.508 e. The lowest BCUT2D eigenvalue weighted by molar-refractivity contribution is -0.165. The Morgan fingerprint density at radius 2 is 1.50 bits per heavy atom. The number of benzene rings is 2. The fourth-order valence-electron chi connectivity index (χ4n) is 4.63. The molecule has 0 bridgehead atoms. The van der Waals surface area contributed by atoms with Crippen molar-refractivity contribution in [1.29, 1.82) is 0 Å². The molecule has 0 spiro atoms. The maximum atomic E-state index is 13.7. The van der Waals surface area contributed by atoms with Gasteiger partial charge >= 0.3 is 19.1 Å². The number of carbonyl (C=O) groups excluding carboxylic acids is 3. The van der Waals surface area contributed by atoms with Crippen LogP contribution in [0.2, 0.25) is 0 Å². The first kappa shape index (κ1) is 32.8. The van der Waals surface area contributed by atoms with Crippen molar-refractivity contribution in [2.45, 2.75) is 71.9 Å². The lowest BCUT2D eigenvalue weighted by Gasteiger charge is -2.31. The Bertz CT molecular complexity index is 1110. The molecule has 40 heavy (non-hydrogen) atoms. The first-order valence-electron chi connectivity index (χ1n) is 13.6. The van der Waals surface area contributed by atoms with Gasteiger partial charge in [-0.3, -0.25) is 9.59 Å². The lowest BCUT2D eigenvalue weighted by atomic mass is 9.79. The molecule has 2 aromatic carbocycles. The first-order valence-corrected chi connectivity index (χ1v) is 13.6. The molecule has 0 radical (unpaired) electrons. The molecule has 9 nitrogen and oxygen atoms in total. The maximum absolute atomic E-state index is 13.7. The Kier molecular flexibility index (Phi) is 12.2. The Hall–Kier alpha value is -3.37. The van der Waals surface area contributed by atoms with Crippen LogP contribution in [-0.2, 0) is 36.7 Å². The Labute approximate surface area is 237 Å². The lowest BCUT2D eigenvalue weighted by Crippen LogP contribution is -2.49. The third-order valence-electron chi connectivity index (χ3n) is 6.60. The summed E-state index contributed by atoms with van der Waals surface area (Å²) in [5.74, 6) is -3.14. The van der Waals surface area contributed by atoms with E-state index in [1.807, 2.05) is 26.0 Å². The number of aryl methyl sites for hydroxylation is 1. The van der Waals surface area contributed by atoms with E-state index in [0.29, 0.717) is 30.3 Å². The number of hydrogen-bond acceptors (Lipinski definition) is 8. The molecule has 0 saturated heterocycles. The summed E-state index contributed by atoms with van der Waals surface area (Å²) in [5.41, 5.74) is 1.23. The second-order valence-corrected chi connectivity index (χ2v) is 11.4. The molecule has 10 heteroatoms. The molecule has 2 rings (SSSR count). The molecule has 0 heterocycles. The zero-order valence-corrected chi connectivity index (χ0v) is 24.2. The van der Waals surface area contributed by atoms with E-state index in [1.54, 1.807) is 45.0 Å². The number of phenolic OH excluding ortho intramolecular Hbond substituents is 1. The molecular weight excluding hydrogens is 513 g/mol. The number of carbonyl (C=O) groups is 3. The van der Waals surface area contributed by atoms with Gasteiger partial charge in [-0.1, -0.05) is 50.2 Å². The van der Waals surface area contributed by atoms with E-state index >= 15 is 0 Å². The molecule has 0 saturated carbocycles. The van der Waals surface area contributed by atoms with Gasteiger partial charge in [-0.2, -0.15) is 0 Å². The van der Waals surface area contributed by atoms with E-state index in [4.69, 9.17) is 9.47 Å². The molecule has 1 amide bonds. The number of amides is 1. The van der Waals surface area contributed by atoms with Crippen LogP contribution in [0, 0.1) is 17.8 Å². The fraction of sp³-hybridized carbons (Fsp3) is 0.500. The quantitative estimate of drug-likeness (QED) is 0.218. The smallest absolute Gasteiger partial charge is 0.488 e. The summed E-state index contributed by atoms with van der Waals surface area (Å²) in [6, 6.07) is 12.2. The van der Waals surface area contributed by atoms with Gasteiger partial charge in [-0.25, -0.2) is 4.79 Å². The average Bonchev–Trinajstić information content (AvgIpc) is 2.87.